The molecule has 0 spiro atoms. The van der Waals surface area contributed by atoms with Crippen LogP contribution >= 0.6 is 0 Å². The summed E-state index contributed by atoms with van der Waals surface area (Å²) in [4.78, 5) is 34.4. The fourth-order valence-corrected chi connectivity index (χ4v) is 2.31. The van der Waals surface area contributed by atoms with Crippen LogP contribution < -0.4 is 15.4 Å². The fraction of sp³-hybridized carbons (Fsp3) is 0.250. The topological polar surface area (TPSA) is 105 Å². The summed E-state index contributed by atoms with van der Waals surface area (Å²) in [6.45, 7) is 1.80. The van der Waals surface area contributed by atoms with Gasteiger partial charge in [0, 0.05) is 24.2 Å². The minimum atomic E-state index is -1.08. The third kappa shape index (κ3) is 6.81. The molecule has 2 aromatic carbocycles. The summed E-state index contributed by atoms with van der Waals surface area (Å²) in [6, 6.07) is 13.6. The van der Waals surface area contributed by atoms with Crippen molar-refractivity contribution in [3.8, 4) is 5.75 Å². The van der Waals surface area contributed by atoms with E-state index in [4.69, 9.17) is 9.84 Å². The van der Waals surface area contributed by atoms with Crippen LogP contribution in [0.2, 0.25) is 0 Å². The molecule has 142 valence electrons. The molecule has 7 heteroatoms. The van der Waals surface area contributed by atoms with Crippen LogP contribution in [-0.4, -0.2) is 29.5 Å². The number of benzene rings is 2. The Labute approximate surface area is 157 Å². The molecule has 0 aliphatic rings. The van der Waals surface area contributed by atoms with Crippen LogP contribution in [-0.2, 0) is 16.1 Å². The molecule has 0 fully saturated rings. The number of carbonyl (C=O) groups excluding carboxylic acids is 2. The number of amides is 2. The Hall–Kier alpha value is -3.35. The highest BCUT2D eigenvalue weighted by Crippen LogP contribution is 2.14. The van der Waals surface area contributed by atoms with Gasteiger partial charge < -0.3 is 20.5 Å². The highest BCUT2D eigenvalue weighted by atomic mass is 16.5. The highest BCUT2D eigenvalue weighted by Gasteiger charge is 2.08. The molecule has 3 N–H and O–H groups in total. The second-order valence-electron chi connectivity index (χ2n) is 5.89. The molecule has 2 rings (SSSR count). The summed E-state index contributed by atoms with van der Waals surface area (Å²) < 4.78 is 5.07. The van der Waals surface area contributed by atoms with E-state index in [-0.39, 0.29) is 11.8 Å². The maximum absolute atomic E-state index is 12.3. The first-order valence-corrected chi connectivity index (χ1v) is 8.59. The predicted molar refractivity (Wildman–Crippen MR) is 101 cm³/mol. The Balaban J connectivity index is 1.88. The third-order valence-electron chi connectivity index (χ3n) is 3.63. The van der Waals surface area contributed by atoms with E-state index in [2.05, 4.69) is 10.6 Å². The Morgan fingerprint density at radius 2 is 1.81 bits per heavy atom. The van der Waals surface area contributed by atoms with Crippen LogP contribution in [0.3, 0.4) is 0 Å². The predicted octanol–water partition coefficient (Wildman–Crippen LogP) is 2.82. The van der Waals surface area contributed by atoms with Gasteiger partial charge in [-0.2, -0.15) is 0 Å². The highest BCUT2D eigenvalue weighted by molar-refractivity contribution is 5.94. The van der Waals surface area contributed by atoms with Crippen molar-refractivity contribution < 1.29 is 24.2 Å². The maximum atomic E-state index is 12.3. The first-order valence-electron chi connectivity index (χ1n) is 8.59. The molecule has 0 aromatic heterocycles. The second-order valence-corrected chi connectivity index (χ2v) is 5.89. The van der Waals surface area contributed by atoms with E-state index in [0.29, 0.717) is 30.0 Å². The van der Waals surface area contributed by atoms with Gasteiger partial charge in [0.1, 0.15) is 5.75 Å². The average Bonchev–Trinajstić information content (AvgIpc) is 2.66. The summed E-state index contributed by atoms with van der Waals surface area (Å²) in [7, 11) is 0. The summed E-state index contributed by atoms with van der Waals surface area (Å²) in [5.74, 6) is -1.09. The number of nitrogens with one attached hydrogen (secondary N) is 2. The molecule has 2 amide bonds. The molecule has 7 nitrogen and oxygen atoms in total. The molecule has 0 radical (unpaired) electrons. The van der Waals surface area contributed by atoms with Crippen LogP contribution in [0.5, 0.6) is 5.75 Å². The van der Waals surface area contributed by atoms with Gasteiger partial charge in [-0.3, -0.25) is 9.59 Å². The lowest BCUT2D eigenvalue weighted by Gasteiger charge is -2.09. The van der Waals surface area contributed by atoms with Crippen molar-refractivity contribution in [2.45, 2.75) is 26.3 Å². The smallest absolute Gasteiger partial charge is 0.341 e. The van der Waals surface area contributed by atoms with Crippen molar-refractivity contribution in [2.75, 3.05) is 11.9 Å². The monoisotopic (exact) mass is 370 g/mol. The largest absolute Gasteiger partial charge is 0.482 e. The van der Waals surface area contributed by atoms with Crippen molar-refractivity contribution in [3.05, 3.63) is 59.7 Å². The van der Waals surface area contributed by atoms with Crippen LogP contribution in [0.25, 0.3) is 0 Å². The number of ether oxygens (including phenoxy) is 1. The quantitative estimate of drug-likeness (QED) is 0.629. The van der Waals surface area contributed by atoms with E-state index in [1.54, 1.807) is 30.3 Å². The van der Waals surface area contributed by atoms with Crippen LogP contribution in [0.4, 0.5) is 5.69 Å². The third-order valence-corrected chi connectivity index (χ3v) is 3.63. The van der Waals surface area contributed by atoms with E-state index >= 15 is 0 Å². The van der Waals surface area contributed by atoms with Gasteiger partial charge in [-0.15, -0.1) is 0 Å². The minimum Gasteiger partial charge on any atom is -0.482 e. The number of rotatable bonds is 9. The molecule has 0 aliphatic heterocycles. The van der Waals surface area contributed by atoms with E-state index < -0.39 is 12.6 Å². The van der Waals surface area contributed by atoms with Crippen molar-refractivity contribution in [1.82, 2.24) is 5.32 Å². The fourth-order valence-electron chi connectivity index (χ4n) is 2.31. The first kappa shape index (κ1) is 20.0. The zero-order valence-electron chi connectivity index (χ0n) is 15.0. The zero-order chi connectivity index (χ0) is 19.6. The lowest BCUT2D eigenvalue weighted by molar-refractivity contribution is -0.139. The normalized spacial score (nSPS) is 10.1. The number of hydrogen-bond acceptors (Lipinski definition) is 4. The number of carboxylic acid groups (broad SMARTS) is 1. The minimum absolute atomic E-state index is 0.0245. The number of hydrogen-bond donors (Lipinski definition) is 3. The van der Waals surface area contributed by atoms with Crippen molar-refractivity contribution >= 4 is 23.5 Å². The van der Waals surface area contributed by atoms with E-state index in [0.717, 1.165) is 12.0 Å². The van der Waals surface area contributed by atoms with E-state index in [1.165, 1.54) is 6.07 Å². The molecule has 27 heavy (non-hydrogen) atoms. The van der Waals surface area contributed by atoms with Gasteiger partial charge in [0.2, 0.25) is 5.91 Å². The Bertz CT molecular complexity index is 802. The molecular weight excluding hydrogens is 348 g/mol. The van der Waals surface area contributed by atoms with E-state index in [1.807, 2.05) is 19.1 Å². The molecule has 0 heterocycles. The average molecular weight is 370 g/mol. The van der Waals surface area contributed by atoms with Gasteiger partial charge >= 0.3 is 5.97 Å². The molecule has 0 aliphatic carbocycles. The molecule has 0 unspecified atom stereocenters. The Kier molecular flexibility index (Phi) is 7.37. The summed E-state index contributed by atoms with van der Waals surface area (Å²) in [5.41, 5.74) is 1.98. The Morgan fingerprint density at radius 1 is 1.07 bits per heavy atom. The lowest BCUT2D eigenvalue weighted by atomic mass is 10.1. The van der Waals surface area contributed by atoms with Crippen LogP contribution in [0, 0.1) is 0 Å². The number of anilines is 1. The molecule has 0 saturated carbocycles. The van der Waals surface area contributed by atoms with Crippen LogP contribution in [0.15, 0.2) is 48.5 Å². The van der Waals surface area contributed by atoms with Crippen molar-refractivity contribution in [1.29, 1.82) is 0 Å². The van der Waals surface area contributed by atoms with Gasteiger partial charge in [0.25, 0.3) is 5.91 Å². The molecule has 0 atom stereocenters. The summed E-state index contributed by atoms with van der Waals surface area (Å²) >= 11 is 0. The second kappa shape index (κ2) is 9.96. The van der Waals surface area contributed by atoms with Gasteiger partial charge in [-0.05, 0) is 42.3 Å². The molecule has 2 aromatic rings. The van der Waals surface area contributed by atoms with Gasteiger partial charge in [-0.25, -0.2) is 4.79 Å². The number of aliphatic carboxylic acids is 1. The lowest BCUT2D eigenvalue weighted by Crippen LogP contribution is -2.22. The number of carbonyl (C=O) groups is 3. The summed E-state index contributed by atoms with van der Waals surface area (Å²) in [6.07, 6.45) is 1.27. The molecule has 0 saturated heterocycles. The van der Waals surface area contributed by atoms with Crippen molar-refractivity contribution in [3.63, 3.8) is 0 Å². The maximum Gasteiger partial charge on any atom is 0.341 e. The molecular formula is C20H22N2O5. The van der Waals surface area contributed by atoms with Crippen LogP contribution in [0.1, 0.15) is 35.7 Å². The summed E-state index contributed by atoms with van der Waals surface area (Å²) in [5, 5.41) is 14.2. The SMILES string of the molecule is CCCC(=O)Nc1ccc(CNC(=O)c2cccc(OCC(=O)O)c2)cc1. The van der Waals surface area contributed by atoms with Gasteiger partial charge in [0.15, 0.2) is 6.61 Å². The zero-order valence-corrected chi connectivity index (χ0v) is 15.0. The van der Waals surface area contributed by atoms with E-state index in [9.17, 15) is 14.4 Å². The first-order chi connectivity index (χ1) is 13.0. The Morgan fingerprint density at radius 3 is 2.48 bits per heavy atom. The molecule has 0 bridgehead atoms. The van der Waals surface area contributed by atoms with Crippen molar-refractivity contribution in [2.24, 2.45) is 0 Å². The standard InChI is InChI=1S/C20H22N2O5/c1-2-4-18(23)22-16-9-7-14(8-10-16)12-21-20(26)15-5-3-6-17(11-15)27-13-19(24)25/h3,5-11H,2,4,12-13H2,1H3,(H,21,26)(H,22,23)(H,24,25). The van der Waals surface area contributed by atoms with Gasteiger partial charge in [-0.1, -0.05) is 25.1 Å². The van der Waals surface area contributed by atoms with Gasteiger partial charge in [0.05, 0.1) is 0 Å². The number of carboxylic acids is 1.